The van der Waals surface area contributed by atoms with Gasteiger partial charge >= 0.3 is 0 Å². The molecule has 2 amide bonds. The van der Waals surface area contributed by atoms with Gasteiger partial charge in [0.25, 0.3) is 5.91 Å². The first kappa shape index (κ1) is 18.4. The molecule has 0 radical (unpaired) electrons. The number of anilines is 2. The fraction of sp³-hybridized carbons (Fsp3) is 0.421. The number of nitrogens with one attached hydrogen (secondary N) is 1. The van der Waals surface area contributed by atoms with E-state index in [1.165, 1.54) is 11.3 Å². The van der Waals surface area contributed by atoms with Crippen molar-refractivity contribution in [1.82, 2.24) is 4.98 Å². The smallest absolute Gasteiger partial charge is 0.265 e. The van der Waals surface area contributed by atoms with Gasteiger partial charge in [0.05, 0.1) is 11.4 Å². The molecular formula is C19H23N3O3S. The quantitative estimate of drug-likeness (QED) is 0.831. The Morgan fingerprint density at radius 3 is 2.92 bits per heavy atom. The van der Waals surface area contributed by atoms with E-state index in [0.29, 0.717) is 23.8 Å². The lowest BCUT2D eigenvalue weighted by Crippen LogP contribution is -2.38. The van der Waals surface area contributed by atoms with Crippen LogP contribution in [0.3, 0.4) is 0 Å². The first-order valence-electron chi connectivity index (χ1n) is 8.88. The number of nitrogens with zero attached hydrogens (tertiary/aromatic N) is 2. The molecule has 0 aliphatic carbocycles. The normalized spacial score (nSPS) is 13.3. The predicted molar refractivity (Wildman–Crippen MR) is 104 cm³/mol. The summed E-state index contributed by atoms with van der Waals surface area (Å²) < 4.78 is 5.52. The average Bonchev–Trinajstić information content (AvgIpc) is 2.99. The highest BCUT2D eigenvalue weighted by Crippen LogP contribution is 2.38. The minimum Gasteiger partial charge on any atom is -0.482 e. The molecule has 0 bridgehead atoms. The molecule has 3 rings (SSSR count). The number of thiazole rings is 1. The molecule has 7 heteroatoms. The average molecular weight is 373 g/mol. The number of benzene rings is 1. The second-order valence-electron chi connectivity index (χ2n) is 6.18. The molecule has 0 fully saturated rings. The molecule has 1 aromatic heterocycles. The maximum absolute atomic E-state index is 12.1. The van der Waals surface area contributed by atoms with Crippen LogP contribution in [0.4, 0.5) is 10.8 Å². The number of hydrogen-bond acceptors (Lipinski definition) is 5. The van der Waals surface area contributed by atoms with E-state index in [0.717, 1.165) is 34.7 Å². The molecule has 6 nitrogen and oxygen atoms in total. The summed E-state index contributed by atoms with van der Waals surface area (Å²) in [4.78, 5) is 31.3. The number of ether oxygens (including phenoxy) is 1. The topological polar surface area (TPSA) is 71.5 Å². The molecule has 0 atom stereocenters. The van der Waals surface area contributed by atoms with E-state index in [4.69, 9.17) is 4.74 Å². The molecule has 2 aromatic rings. The molecule has 0 spiro atoms. The number of rotatable bonds is 6. The summed E-state index contributed by atoms with van der Waals surface area (Å²) in [6.45, 7) is 6.64. The van der Waals surface area contributed by atoms with Crippen LogP contribution in [0.1, 0.15) is 38.0 Å². The van der Waals surface area contributed by atoms with Gasteiger partial charge in [-0.2, -0.15) is 0 Å². The Kier molecular flexibility index (Phi) is 5.56. The third kappa shape index (κ3) is 3.72. The van der Waals surface area contributed by atoms with E-state index < -0.39 is 0 Å². The van der Waals surface area contributed by atoms with Crippen molar-refractivity contribution < 1.29 is 14.3 Å². The van der Waals surface area contributed by atoms with Gasteiger partial charge in [0.15, 0.2) is 11.7 Å². The van der Waals surface area contributed by atoms with E-state index in [2.05, 4.69) is 17.2 Å². The van der Waals surface area contributed by atoms with Crippen molar-refractivity contribution >= 4 is 34.0 Å². The molecular weight excluding hydrogens is 350 g/mol. The lowest BCUT2D eigenvalue weighted by molar-refractivity contribution is -0.121. The highest BCUT2D eigenvalue weighted by atomic mass is 32.1. The molecule has 0 saturated heterocycles. The van der Waals surface area contributed by atoms with E-state index in [1.54, 1.807) is 4.90 Å². The Morgan fingerprint density at radius 2 is 2.19 bits per heavy atom. The second-order valence-corrected chi connectivity index (χ2v) is 7.39. The minimum absolute atomic E-state index is 0.00579. The minimum atomic E-state index is -0.0453. The van der Waals surface area contributed by atoms with Gasteiger partial charge in [-0.1, -0.05) is 13.3 Å². The lowest BCUT2D eigenvalue weighted by Gasteiger charge is -2.28. The van der Waals surface area contributed by atoms with Gasteiger partial charge in [-0.15, -0.1) is 11.3 Å². The van der Waals surface area contributed by atoms with Gasteiger partial charge in [-0.25, -0.2) is 4.98 Å². The number of unbranched alkanes of at least 4 members (excludes halogenated alkanes) is 1. The summed E-state index contributed by atoms with van der Waals surface area (Å²) in [5.41, 5.74) is 2.49. The number of fused-ring (bicyclic) bond motifs is 1. The van der Waals surface area contributed by atoms with Crippen LogP contribution in [0, 0.1) is 6.92 Å². The summed E-state index contributed by atoms with van der Waals surface area (Å²) in [6.07, 6.45) is 2.36. The van der Waals surface area contributed by atoms with Crippen molar-refractivity contribution in [1.29, 1.82) is 0 Å². The summed E-state index contributed by atoms with van der Waals surface area (Å²) in [7, 11) is 0. The molecule has 1 aliphatic heterocycles. The van der Waals surface area contributed by atoms with Crippen LogP contribution in [0.2, 0.25) is 0 Å². The highest BCUT2D eigenvalue weighted by Gasteiger charge is 2.25. The SMILES string of the molecule is CCCCC(=O)Nc1nc(-c2ccc3c(c2)N(CC)C(=O)CO3)c(C)s1. The van der Waals surface area contributed by atoms with Crippen LogP contribution in [0.5, 0.6) is 5.75 Å². The van der Waals surface area contributed by atoms with Gasteiger partial charge in [0, 0.05) is 23.4 Å². The van der Waals surface area contributed by atoms with E-state index >= 15 is 0 Å². The third-order valence-electron chi connectivity index (χ3n) is 4.29. The van der Waals surface area contributed by atoms with Crippen LogP contribution in [-0.4, -0.2) is 29.9 Å². The van der Waals surface area contributed by atoms with Crippen molar-refractivity contribution in [3.05, 3.63) is 23.1 Å². The Hall–Kier alpha value is -2.41. The van der Waals surface area contributed by atoms with Gasteiger partial charge in [-0.3, -0.25) is 9.59 Å². The first-order valence-corrected chi connectivity index (χ1v) is 9.70. The first-order chi connectivity index (χ1) is 12.5. The standard InChI is InChI=1S/C19H23N3O3S/c1-4-6-7-16(23)20-19-21-18(12(3)26-19)13-8-9-15-14(10-13)22(5-2)17(24)11-25-15/h8-10H,4-7,11H2,1-3H3,(H,20,21,23). The maximum Gasteiger partial charge on any atom is 0.265 e. The van der Waals surface area contributed by atoms with Gasteiger partial charge in [-0.05, 0) is 38.5 Å². The number of aromatic nitrogens is 1. The molecule has 1 N–H and O–H groups in total. The number of aryl methyl sites for hydroxylation is 1. The van der Waals surface area contributed by atoms with Crippen molar-refractivity contribution in [3.63, 3.8) is 0 Å². The molecule has 0 saturated carbocycles. The zero-order valence-electron chi connectivity index (χ0n) is 15.3. The monoisotopic (exact) mass is 373 g/mol. The number of hydrogen-bond donors (Lipinski definition) is 1. The number of amides is 2. The van der Waals surface area contributed by atoms with Gasteiger partial charge in [0.2, 0.25) is 5.91 Å². The predicted octanol–water partition coefficient (Wildman–Crippen LogP) is 3.99. The van der Waals surface area contributed by atoms with E-state index in [9.17, 15) is 9.59 Å². The summed E-state index contributed by atoms with van der Waals surface area (Å²) in [5, 5.41) is 3.48. The van der Waals surface area contributed by atoms with Crippen LogP contribution in [0.25, 0.3) is 11.3 Å². The fourth-order valence-electron chi connectivity index (χ4n) is 2.93. The molecule has 1 aliphatic rings. The summed E-state index contributed by atoms with van der Waals surface area (Å²) in [6, 6.07) is 5.74. The number of carbonyl (C=O) groups excluding carboxylic acids is 2. The van der Waals surface area contributed by atoms with E-state index in [-0.39, 0.29) is 18.4 Å². The lowest BCUT2D eigenvalue weighted by atomic mass is 10.1. The summed E-state index contributed by atoms with van der Waals surface area (Å²) in [5.74, 6) is 0.654. The van der Waals surface area contributed by atoms with Gasteiger partial charge < -0.3 is 15.0 Å². The second kappa shape index (κ2) is 7.86. The Balaban J connectivity index is 1.87. The van der Waals surface area contributed by atoms with Crippen LogP contribution in [-0.2, 0) is 9.59 Å². The molecule has 26 heavy (non-hydrogen) atoms. The van der Waals surface area contributed by atoms with E-state index in [1.807, 2.05) is 32.0 Å². The van der Waals surface area contributed by atoms with Crippen LogP contribution < -0.4 is 15.0 Å². The van der Waals surface area contributed by atoms with Crippen LogP contribution in [0.15, 0.2) is 18.2 Å². The van der Waals surface area contributed by atoms with Crippen molar-refractivity contribution in [3.8, 4) is 17.0 Å². The Bertz CT molecular complexity index is 831. The van der Waals surface area contributed by atoms with Crippen molar-refractivity contribution in [2.24, 2.45) is 0 Å². The largest absolute Gasteiger partial charge is 0.482 e. The Morgan fingerprint density at radius 1 is 1.38 bits per heavy atom. The fourth-order valence-corrected chi connectivity index (χ4v) is 3.78. The zero-order chi connectivity index (χ0) is 18.7. The third-order valence-corrected chi connectivity index (χ3v) is 5.18. The molecule has 0 unspecified atom stereocenters. The highest BCUT2D eigenvalue weighted by molar-refractivity contribution is 7.16. The Labute approximate surface area is 157 Å². The molecule has 1 aromatic carbocycles. The van der Waals surface area contributed by atoms with Crippen LogP contribution >= 0.6 is 11.3 Å². The van der Waals surface area contributed by atoms with Crippen molar-refractivity contribution in [2.45, 2.75) is 40.0 Å². The summed E-state index contributed by atoms with van der Waals surface area (Å²) >= 11 is 1.46. The molecule has 138 valence electrons. The van der Waals surface area contributed by atoms with Gasteiger partial charge in [0.1, 0.15) is 5.75 Å². The zero-order valence-corrected chi connectivity index (χ0v) is 16.1. The maximum atomic E-state index is 12.1. The number of carbonyl (C=O) groups is 2. The molecule has 2 heterocycles. The number of likely N-dealkylation sites (N-methyl/N-ethyl adjacent to an activating group) is 1. The van der Waals surface area contributed by atoms with Crippen molar-refractivity contribution in [2.75, 3.05) is 23.4 Å².